The molecule has 1 aliphatic rings. The number of nitrogens with zero attached hydrogens (tertiary/aromatic N) is 1. The molecule has 0 spiro atoms. The van der Waals surface area contributed by atoms with Crippen LogP contribution in [0.5, 0.6) is 0 Å². The van der Waals surface area contributed by atoms with Gasteiger partial charge >= 0.3 is 5.97 Å². The maximum atomic E-state index is 12.0. The van der Waals surface area contributed by atoms with Gasteiger partial charge in [0, 0.05) is 13.1 Å². The summed E-state index contributed by atoms with van der Waals surface area (Å²) < 4.78 is 32.6. The quantitative estimate of drug-likeness (QED) is 0.643. The van der Waals surface area contributed by atoms with Crippen LogP contribution < -0.4 is 4.72 Å². The van der Waals surface area contributed by atoms with Crippen molar-refractivity contribution < 1.29 is 23.1 Å². The van der Waals surface area contributed by atoms with E-state index in [0.29, 0.717) is 6.61 Å². The second-order valence-electron chi connectivity index (χ2n) is 4.08. The summed E-state index contributed by atoms with van der Waals surface area (Å²) in [6.45, 7) is 5.92. The number of nitrogens with one attached hydrogen (secondary N) is 1. The Morgan fingerprint density at radius 1 is 1.72 bits per heavy atom. The van der Waals surface area contributed by atoms with Crippen LogP contribution in [0.15, 0.2) is 12.7 Å². The topological polar surface area (TPSA) is 95.9 Å². The fourth-order valence-electron chi connectivity index (χ4n) is 1.63. The zero-order chi connectivity index (χ0) is 13.8. The van der Waals surface area contributed by atoms with Crippen LogP contribution >= 0.6 is 0 Å². The van der Waals surface area contributed by atoms with Crippen LogP contribution in [-0.2, 0) is 19.7 Å². The number of carboxylic acid groups (broad SMARTS) is 1. The van der Waals surface area contributed by atoms with Gasteiger partial charge in [-0.05, 0) is 13.3 Å². The lowest BCUT2D eigenvalue weighted by Crippen LogP contribution is -2.53. The van der Waals surface area contributed by atoms with E-state index in [4.69, 9.17) is 9.84 Å². The number of carboxylic acids is 1. The third-order valence-corrected chi connectivity index (χ3v) is 4.13. The number of rotatable bonds is 6. The minimum atomic E-state index is -3.81. The van der Waals surface area contributed by atoms with Gasteiger partial charge in [0.25, 0.3) is 10.2 Å². The van der Waals surface area contributed by atoms with Crippen LogP contribution in [0.4, 0.5) is 0 Å². The maximum absolute atomic E-state index is 12.0. The van der Waals surface area contributed by atoms with Crippen LogP contribution in [-0.4, -0.2) is 55.6 Å². The number of hydrogen-bond donors (Lipinski definition) is 2. The van der Waals surface area contributed by atoms with Crippen molar-refractivity contribution in [1.29, 1.82) is 0 Å². The van der Waals surface area contributed by atoms with Crippen LogP contribution in [0, 0.1) is 0 Å². The molecule has 1 aliphatic heterocycles. The zero-order valence-electron chi connectivity index (χ0n) is 10.2. The Labute approximate surface area is 107 Å². The molecular weight excluding hydrogens is 260 g/mol. The Bertz CT molecular complexity index is 408. The van der Waals surface area contributed by atoms with Crippen LogP contribution in [0.1, 0.15) is 13.3 Å². The molecule has 0 aromatic rings. The molecule has 1 heterocycles. The predicted octanol–water partition coefficient (Wildman–Crippen LogP) is -0.429. The SMILES string of the molecule is C=CC[C@@H](NS(=O)(=O)N1CCOC(C)C1)C(=O)O. The van der Waals surface area contributed by atoms with Gasteiger partial charge in [0.15, 0.2) is 0 Å². The number of aliphatic carboxylic acids is 1. The molecule has 1 saturated heterocycles. The molecule has 0 aromatic carbocycles. The molecule has 0 amide bonds. The van der Waals surface area contributed by atoms with Gasteiger partial charge in [-0.15, -0.1) is 6.58 Å². The van der Waals surface area contributed by atoms with E-state index in [1.165, 1.54) is 10.4 Å². The summed E-state index contributed by atoms with van der Waals surface area (Å²) in [5, 5.41) is 8.90. The molecule has 1 fully saturated rings. The summed E-state index contributed by atoms with van der Waals surface area (Å²) in [7, 11) is -3.81. The average molecular weight is 278 g/mol. The van der Waals surface area contributed by atoms with Crippen molar-refractivity contribution in [3.05, 3.63) is 12.7 Å². The molecule has 0 aliphatic carbocycles. The number of morpholine rings is 1. The van der Waals surface area contributed by atoms with E-state index in [9.17, 15) is 13.2 Å². The van der Waals surface area contributed by atoms with E-state index < -0.39 is 22.2 Å². The normalized spacial score (nSPS) is 23.5. The molecule has 2 atom stereocenters. The van der Waals surface area contributed by atoms with Gasteiger partial charge in [-0.25, -0.2) is 0 Å². The lowest BCUT2D eigenvalue weighted by Gasteiger charge is -2.31. The smallest absolute Gasteiger partial charge is 0.322 e. The minimum Gasteiger partial charge on any atom is -0.480 e. The number of ether oxygens (including phenoxy) is 1. The highest BCUT2D eigenvalue weighted by atomic mass is 32.2. The third kappa shape index (κ3) is 4.05. The Hall–Kier alpha value is -0.960. The largest absolute Gasteiger partial charge is 0.480 e. The molecule has 1 rings (SSSR count). The molecule has 1 unspecified atom stereocenters. The second-order valence-corrected chi connectivity index (χ2v) is 5.78. The number of hydrogen-bond acceptors (Lipinski definition) is 4. The van der Waals surface area contributed by atoms with Crippen molar-refractivity contribution in [3.8, 4) is 0 Å². The second kappa shape index (κ2) is 6.28. The fourth-order valence-corrected chi connectivity index (χ4v) is 3.05. The molecule has 0 aromatic heterocycles. The summed E-state index contributed by atoms with van der Waals surface area (Å²) >= 11 is 0. The molecule has 18 heavy (non-hydrogen) atoms. The molecule has 0 saturated carbocycles. The van der Waals surface area contributed by atoms with E-state index in [1.807, 2.05) is 0 Å². The minimum absolute atomic E-state index is 0.0362. The first-order valence-electron chi connectivity index (χ1n) is 5.59. The summed E-state index contributed by atoms with van der Waals surface area (Å²) in [5.41, 5.74) is 0. The third-order valence-electron chi connectivity index (χ3n) is 2.54. The molecular formula is C10H18N2O5S. The highest BCUT2D eigenvalue weighted by molar-refractivity contribution is 7.87. The molecule has 7 nitrogen and oxygen atoms in total. The standard InChI is InChI=1S/C10H18N2O5S/c1-3-4-9(10(13)14)11-18(15,16)12-5-6-17-8(2)7-12/h3,8-9,11H,1,4-7H2,2H3,(H,13,14)/t8?,9-/m1/s1. The summed E-state index contributed by atoms with van der Waals surface area (Å²) in [6, 6.07) is -1.19. The Morgan fingerprint density at radius 2 is 2.39 bits per heavy atom. The van der Waals surface area contributed by atoms with E-state index in [-0.39, 0.29) is 25.6 Å². The van der Waals surface area contributed by atoms with E-state index in [2.05, 4.69) is 11.3 Å². The van der Waals surface area contributed by atoms with Crippen molar-refractivity contribution in [2.24, 2.45) is 0 Å². The number of carbonyl (C=O) groups is 1. The van der Waals surface area contributed by atoms with Crippen molar-refractivity contribution in [1.82, 2.24) is 9.03 Å². The lowest BCUT2D eigenvalue weighted by atomic mass is 10.2. The summed E-state index contributed by atoms with van der Waals surface area (Å²) in [5.74, 6) is -1.22. The van der Waals surface area contributed by atoms with Gasteiger partial charge < -0.3 is 9.84 Å². The average Bonchev–Trinajstić information content (AvgIpc) is 2.28. The Balaban J connectivity index is 2.73. The first-order valence-corrected chi connectivity index (χ1v) is 7.03. The highest BCUT2D eigenvalue weighted by Gasteiger charge is 2.31. The van der Waals surface area contributed by atoms with Crippen molar-refractivity contribution in [2.45, 2.75) is 25.5 Å². The summed E-state index contributed by atoms with van der Waals surface area (Å²) in [6.07, 6.45) is 1.20. The monoisotopic (exact) mass is 278 g/mol. The fraction of sp³-hybridized carbons (Fsp3) is 0.700. The molecule has 0 radical (unpaired) electrons. The van der Waals surface area contributed by atoms with Gasteiger partial charge in [-0.3, -0.25) is 4.79 Å². The molecule has 0 bridgehead atoms. The first kappa shape index (κ1) is 15.1. The van der Waals surface area contributed by atoms with Crippen LogP contribution in [0.3, 0.4) is 0 Å². The van der Waals surface area contributed by atoms with E-state index in [1.54, 1.807) is 6.92 Å². The predicted molar refractivity (Wildman–Crippen MR) is 65.3 cm³/mol. The van der Waals surface area contributed by atoms with E-state index in [0.717, 1.165) is 0 Å². The van der Waals surface area contributed by atoms with Gasteiger partial charge in [-0.1, -0.05) is 6.08 Å². The van der Waals surface area contributed by atoms with Crippen LogP contribution in [0.25, 0.3) is 0 Å². The Morgan fingerprint density at radius 3 is 2.89 bits per heavy atom. The van der Waals surface area contributed by atoms with Gasteiger partial charge in [0.05, 0.1) is 12.7 Å². The van der Waals surface area contributed by atoms with Crippen LogP contribution in [0.2, 0.25) is 0 Å². The molecule has 2 N–H and O–H groups in total. The molecule has 104 valence electrons. The van der Waals surface area contributed by atoms with Crippen molar-refractivity contribution >= 4 is 16.2 Å². The maximum Gasteiger partial charge on any atom is 0.322 e. The first-order chi connectivity index (χ1) is 8.36. The van der Waals surface area contributed by atoms with Gasteiger partial charge in [0.1, 0.15) is 6.04 Å². The van der Waals surface area contributed by atoms with Crippen molar-refractivity contribution in [2.75, 3.05) is 19.7 Å². The van der Waals surface area contributed by atoms with Gasteiger partial charge in [0.2, 0.25) is 0 Å². The van der Waals surface area contributed by atoms with Gasteiger partial charge in [-0.2, -0.15) is 17.4 Å². The zero-order valence-corrected chi connectivity index (χ0v) is 11.0. The highest BCUT2D eigenvalue weighted by Crippen LogP contribution is 2.09. The van der Waals surface area contributed by atoms with E-state index >= 15 is 0 Å². The lowest BCUT2D eigenvalue weighted by molar-refractivity contribution is -0.138. The summed E-state index contributed by atoms with van der Waals surface area (Å²) in [4.78, 5) is 10.9. The van der Waals surface area contributed by atoms with Crippen molar-refractivity contribution in [3.63, 3.8) is 0 Å². The molecule has 8 heteroatoms. The Kier molecular flexibility index (Phi) is 5.27.